The van der Waals surface area contributed by atoms with E-state index < -0.39 is 0 Å². The van der Waals surface area contributed by atoms with E-state index in [1.54, 1.807) is 0 Å². The first kappa shape index (κ1) is 15.3. The third-order valence-corrected chi connectivity index (χ3v) is 7.66. The fourth-order valence-corrected chi connectivity index (χ4v) is 5.54. The van der Waals surface area contributed by atoms with E-state index in [4.69, 9.17) is 5.73 Å². The van der Waals surface area contributed by atoms with Gasteiger partial charge in [0.15, 0.2) is 0 Å². The molecule has 21 heavy (non-hydrogen) atoms. The Hall–Kier alpha value is -0.570. The van der Waals surface area contributed by atoms with Crippen molar-refractivity contribution in [1.29, 1.82) is 0 Å². The van der Waals surface area contributed by atoms with Gasteiger partial charge in [-0.25, -0.2) is 0 Å². The molecule has 0 heterocycles. The smallest absolute Gasteiger partial charge is 0.223 e. The zero-order valence-corrected chi connectivity index (χ0v) is 14.0. The van der Waals surface area contributed by atoms with Crippen molar-refractivity contribution in [2.45, 2.75) is 71.8 Å². The van der Waals surface area contributed by atoms with E-state index in [-0.39, 0.29) is 11.3 Å². The number of carbonyl (C=O) groups excluding carboxylic acids is 1. The lowest BCUT2D eigenvalue weighted by atomic mass is 9.69. The van der Waals surface area contributed by atoms with E-state index in [9.17, 15) is 4.79 Å². The number of carbonyl (C=O) groups is 1. The highest BCUT2D eigenvalue weighted by atomic mass is 16.2. The van der Waals surface area contributed by atoms with Crippen LogP contribution in [0.25, 0.3) is 0 Å². The first-order valence-electron chi connectivity index (χ1n) is 8.90. The molecule has 3 fully saturated rings. The van der Waals surface area contributed by atoms with Crippen LogP contribution in [-0.2, 0) is 4.79 Å². The van der Waals surface area contributed by atoms with E-state index >= 15 is 0 Å². The molecule has 5 atom stereocenters. The summed E-state index contributed by atoms with van der Waals surface area (Å²) in [5.41, 5.74) is 6.53. The molecule has 0 aromatic carbocycles. The number of rotatable bonds is 3. The number of nitrogens with two attached hydrogens (primary N) is 1. The molecule has 3 N–H and O–H groups in total. The highest BCUT2D eigenvalue weighted by Gasteiger charge is 2.61. The normalized spacial score (nSPS) is 44.8. The summed E-state index contributed by atoms with van der Waals surface area (Å²) in [4.78, 5) is 12.8. The molecule has 0 radical (unpaired) electrons. The maximum atomic E-state index is 12.8. The van der Waals surface area contributed by atoms with E-state index in [0.717, 1.165) is 18.8 Å². The lowest BCUT2D eigenvalue weighted by Crippen LogP contribution is -2.50. The molecule has 3 aliphatic rings. The van der Waals surface area contributed by atoms with Crippen molar-refractivity contribution in [2.75, 3.05) is 6.54 Å². The third-order valence-electron chi connectivity index (χ3n) is 7.66. The molecule has 0 spiro atoms. The molecule has 3 nitrogen and oxygen atoms in total. The molecular formula is C18H32N2O. The SMILES string of the molecule is CC1(C)C2CCC1(C)C(NC(=O)C1CCCCC1CN)C2. The van der Waals surface area contributed by atoms with E-state index in [1.165, 1.54) is 32.1 Å². The predicted molar refractivity (Wildman–Crippen MR) is 85.7 cm³/mol. The second-order valence-electron chi connectivity index (χ2n) is 8.56. The molecule has 5 unspecified atom stereocenters. The molecule has 1 amide bonds. The van der Waals surface area contributed by atoms with Crippen LogP contribution in [0.1, 0.15) is 65.7 Å². The minimum atomic E-state index is 0.162. The van der Waals surface area contributed by atoms with Gasteiger partial charge in [-0.3, -0.25) is 4.79 Å². The number of hydrogen-bond acceptors (Lipinski definition) is 2. The van der Waals surface area contributed by atoms with Crippen molar-refractivity contribution >= 4 is 5.91 Å². The van der Waals surface area contributed by atoms with Crippen LogP contribution in [0.4, 0.5) is 0 Å². The first-order valence-corrected chi connectivity index (χ1v) is 8.90. The Morgan fingerprint density at radius 3 is 2.48 bits per heavy atom. The van der Waals surface area contributed by atoms with E-state index in [2.05, 4.69) is 26.1 Å². The molecule has 0 aromatic rings. The van der Waals surface area contributed by atoms with Crippen LogP contribution in [0.5, 0.6) is 0 Å². The lowest BCUT2D eigenvalue weighted by Gasteiger charge is -2.40. The molecule has 3 aliphatic carbocycles. The number of fused-ring (bicyclic) bond motifs is 2. The summed E-state index contributed by atoms with van der Waals surface area (Å²) in [6.45, 7) is 7.86. The Labute approximate surface area is 129 Å². The van der Waals surface area contributed by atoms with Crippen molar-refractivity contribution < 1.29 is 4.79 Å². The van der Waals surface area contributed by atoms with Crippen LogP contribution in [0.2, 0.25) is 0 Å². The Balaban J connectivity index is 1.69. The van der Waals surface area contributed by atoms with Gasteiger partial charge in [0.05, 0.1) is 0 Å². The van der Waals surface area contributed by atoms with Crippen LogP contribution < -0.4 is 11.1 Å². The van der Waals surface area contributed by atoms with Gasteiger partial charge in [0.2, 0.25) is 5.91 Å². The van der Waals surface area contributed by atoms with Crippen molar-refractivity contribution in [3.63, 3.8) is 0 Å². The number of nitrogens with one attached hydrogen (secondary N) is 1. The summed E-state index contributed by atoms with van der Waals surface area (Å²) in [6.07, 6.45) is 8.36. The van der Waals surface area contributed by atoms with Crippen molar-refractivity contribution in [3.05, 3.63) is 0 Å². The minimum absolute atomic E-state index is 0.162. The van der Waals surface area contributed by atoms with Crippen LogP contribution in [0.15, 0.2) is 0 Å². The Bertz CT molecular complexity index is 419. The average molecular weight is 292 g/mol. The van der Waals surface area contributed by atoms with Crippen molar-refractivity contribution in [2.24, 2.45) is 34.3 Å². The zero-order chi connectivity index (χ0) is 15.3. The number of hydrogen-bond donors (Lipinski definition) is 2. The molecule has 0 aliphatic heterocycles. The van der Waals surface area contributed by atoms with Gasteiger partial charge >= 0.3 is 0 Å². The molecule has 2 bridgehead atoms. The summed E-state index contributed by atoms with van der Waals surface area (Å²) in [5.74, 6) is 1.64. The molecule has 120 valence electrons. The monoisotopic (exact) mass is 292 g/mol. The average Bonchev–Trinajstić information content (AvgIpc) is 2.80. The molecular weight excluding hydrogens is 260 g/mol. The fraction of sp³-hybridized carbons (Fsp3) is 0.944. The van der Waals surface area contributed by atoms with Gasteiger partial charge < -0.3 is 11.1 Å². The summed E-state index contributed by atoms with van der Waals surface area (Å²) in [5, 5.41) is 3.45. The van der Waals surface area contributed by atoms with Gasteiger partial charge in [-0.05, 0) is 61.3 Å². The maximum Gasteiger partial charge on any atom is 0.223 e. The van der Waals surface area contributed by atoms with Gasteiger partial charge in [-0.2, -0.15) is 0 Å². The van der Waals surface area contributed by atoms with Crippen molar-refractivity contribution in [3.8, 4) is 0 Å². The summed E-state index contributed by atoms with van der Waals surface area (Å²) < 4.78 is 0. The molecule has 3 rings (SSSR count). The minimum Gasteiger partial charge on any atom is -0.353 e. The maximum absolute atomic E-state index is 12.8. The second kappa shape index (κ2) is 5.26. The van der Waals surface area contributed by atoms with Gasteiger partial charge in [-0.15, -0.1) is 0 Å². The van der Waals surface area contributed by atoms with Gasteiger partial charge in [0.1, 0.15) is 0 Å². The van der Waals surface area contributed by atoms with Crippen LogP contribution in [0, 0.1) is 28.6 Å². The standard InChI is InChI=1S/C18H32N2O/c1-17(2)13-8-9-18(17,3)15(10-13)20-16(21)14-7-5-4-6-12(14)11-19/h12-15H,4-11,19H2,1-3H3,(H,20,21). The van der Waals surface area contributed by atoms with Crippen LogP contribution in [0.3, 0.4) is 0 Å². The van der Waals surface area contributed by atoms with Gasteiger partial charge in [-0.1, -0.05) is 33.6 Å². The summed E-state index contributed by atoms with van der Waals surface area (Å²) in [7, 11) is 0. The fourth-order valence-electron chi connectivity index (χ4n) is 5.54. The highest BCUT2D eigenvalue weighted by molar-refractivity contribution is 5.79. The molecule has 3 saturated carbocycles. The summed E-state index contributed by atoms with van der Waals surface area (Å²) >= 11 is 0. The third kappa shape index (κ3) is 2.23. The zero-order valence-electron chi connectivity index (χ0n) is 14.0. The molecule has 0 aromatic heterocycles. The lowest BCUT2D eigenvalue weighted by molar-refractivity contribution is -0.129. The van der Waals surface area contributed by atoms with Crippen LogP contribution >= 0.6 is 0 Å². The summed E-state index contributed by atoms with van der Waals surface area (Å²) in [6, 6.07) is 0.374. The van der Waals surface area contributed by atoms with Crippen LogP contribution in [-0.4, -0.2) is 18.5 Å². The van der Waals surface area contributed by atoms with Crippen molar-refractivity contribution in [1.82, 2.24) is 5.32 Å². The predicted octanol–water partition coefficient (Wildman–Crippen LogP) is 3.08. The highest BCUT2D eigenvalue weighted by Crippen LogP contribution is 2.65. The quantitative estimate of drug-likeness (QED) is 0.840. The second-order valence-corrected chi connectivity index (χ2v) is 8.56. The molecule has 3 heteroatoms. The Kier molecular flexibility index (Phi) is 3.84. The Morgan fingerprint density at radius 1 is 1.19 bits per heavy atom. The Morgan fingerprint density at radius 2 is 1.90 bits per heavy atom. The topological polar surface area (TPSA) is 55.1 Å². The largest absolute Gasteiger partial charge is 0.353 e. The van der Waals surface area contributed by atoms with E-state index in [0.29, 0.717) is 29.8 Å². The first-order chi connectivity index (χ1) is 9.90. The van der Waals surface area contributed by atoms with Gasteiger partial charge in [0, 0.05) is 12.0 Å². The molecule has 0 saturated heterocycles. The number of amides is 1. The van der Waals surface area contributed by atoms with Gasteiger partial charge in [0.25, 0.3) is 0 Å². The van der Waals surface area contributed by atoms with E-state index in [1.807, 2.05) is 0 Å².